The van der Waals surface area contributed by atoms with Gasteiger partial charge in [-0.25, -0.2) is 0 Å². The zero-order valence-corrected chi connectivity index (χ0v) is 34.0. The quantitative estimate of drug-likeness (QED) is 0.144. The molecule has 1 aliphatic heterocycles. The van der Waals surface area contributed by atoms with E-state index < -0.39 is 6.17 Å². The predicted molar refractivity (Wildman–Crippen MR) is 253 cm³/mol. The summed E-state index contributed by atoms with van der Waals surface area (Å²) in [5.74, 6) is 0. The largest absolute Gasteiger partial charge is 0.347 e. The number of nitrogens with zero attached hydrogens (tertiary/aromatic N) is 4. The molecule has 5 heteroatoms. The van der Waals surface area contributed by atoms with E-state index in [1.165, 1.54) is 5.56 Å². The minimum absolute atomic E-state index is 0.540. The van der Waals surface area contributed by atoms with Crippen LogP contribution in [-0.4, -0.2) is 28.5 Å². The molecule has 0 saturated heterocycles. The maximum atomic E-state index is 11.0. The first kappa shape index (κ1) is 36.7. The Balaban J connectivity index is 1.37. The Bertz CT molecular complexity index is 3160. The van der Waals surface area contributed by atoms with Gasteiger partial charge in [-0.3, -0.25) is 4.99 Å². The van der Waals surface area contributed by atoms with Crippen molar-refractivity contribution in [1.29, 1.82) is 5.26 Å². The summed E-state index contributed by atoms with van der Waals surface area (Å²) in [6.45, 7) is 0. The maximum absolute atomic E-state index is 11.0. The van der Waals surface area contributed by atoms with Gasteiger partial charge in [-0.05, 0) is 63.7 Å². The van der Waals surface area contributed by atoms with Crippen LogP contribution in [0.4, 0.5) is 0 Å². The van der Waals surface area contributed by atoms with E-state index in [0.717, 1.165) is 91.2 Å². The van der Waals surface area contributed by atoms with Gasteiger partial charge in [0.1, 0.15) is 17.8 Å². The lowest BCUT2D eigenvalue weighted by molar-refractivity contribution is 0.363. The topological polar surface area (TPSA) is 44.3 Å². The van der Waals surface area contributed by atoms with Crippen LogP contribution in [0, 0.1) is 11.3 Å². The summed E-state index contributed by atoms with van der Waals surface area (Å²) >= 11 is 0. The summed E-state index contributed by atoms with van der Waals surface area (Å²) in [5, 5.41) is 14.5. The van der Waals surface area contributed by atoms with Crippen molar-refractivity contribution in [2.75, 3.05) is 7.05 Å². The summed E-state index contributed by atoms with van der Waals surface area (Å²) in [7, 11) is 3.04. The number of nitriles is 1. The van der Waals surface area contributed by atoms with Crippen molar-refractivity contribution >= 4 is 53.0 Å². The number of aliphatic imine (C=N–C) groups is 1. The first-order chi connectivity index (χ1) is 29.6. The molecule has 0 N–H and O–H groups in total. The zero-order chi connectivity index (χ0) is 40.6. The van der Waals surface area contributed by atoms with Crippen molar-refractivity contribution in [2.45, 2.75) is 6.17 Å². The fraction of sp³-hybridized carbons (Fsp3) is 0.0364. The molecule has 0 spiro atoms. The molecule has 0 radical (unpaired) electrons. The Hall–Kier alpha value is -7.57. The van der Waals surface area contributed by atoms with Gasteiger partial charge in [0.2, 0.25) is 0 Å². The number of fused-ring (bicyclic) bond motifs is 3. The lowest BCUT2D eigenvalue weighted by Gasteiger charge is -2.37. The third-order valence-corrected chi connectivity index (χ3v) is 12.2. The van der Waals surface area contributed by atoms with Crippen LogP contribution in [0.2, 0.25) is 0 Å². The molecule has 1 aliphatic rings. The van der Waals surface area contributed by atoms with Gasteiger partial charge in [0, 0.05) is 39.8 Å². The van der Waals surface area contributed by atoms with E-state index in [2.05, 4.69) is 193 Å². The summed E-state index contributed by atoms with van der Waals surface area (Å²) in [4.78, 5) is 7.91. The lowest BCUT2D eigenvalue weighted by atomic mass is 9.88. The lowest BCUT2D eigenvalue weighted by Crippen LogP contribution is -2.31. The molecule has 1 aromatic heterocycles. The second-order valence-electron chi connectivity index (χ2n) is 15.0. The molecule has 9 aromatic rings. The summed E-state index contributed by atoms with van der Waals surface area (Å²) < 4.78 is 2.46. The van der Waals surface area contributed by atoms with E-state index in [0.29, 0.717) is 11.3 Å². The number of benzene rings is 8. The Morgan fingerprint density at radius 3 is 1.62 bits per heavy atom. The van der Waals surface area contributed by atoms with Crippen molar-refractivity contribution < 1.29 is 0 Å². The normalized spacial score (nSPS) is 14.1. The molecule has 0 saturated carbocycles. The van der Waals surface area contributed by atoms with E-state index >= 15 is 0 Å². The number of rotatable bonds is 8. The number of aromatic nitrogens is 1. The Morgan fingerprint density at radius 1 is 0.533 bits per heavy atom. The van der Waals surface area contributed by atoms with E-state index in [1.54, 1.807) is 0 Å². The molecule has 4 nitrogen and oxygen atoms in total. The molecule has 1 unspecified atom stereocenters. The van der Waals surface area contributed by atoms with Crippen LogP contribution >= 0.6 is 8.20 Å². The molecule has 60 heavy (non-hydrogen) atoms. The minimum atomic E-state index is -0.546. The van der Waals surface area contributed by atoms with Crippen LogP contribution in [0.1, 0.15) is 22.9 Å². The van der Waals surface area contributed by atoms with Gasteiger partial charge < -0.3 is 9.47 Å². The Labute approximate surface area is 352 Å². The second kappa shape index (κ2) is 15.6. The van der Waals surface area contributed by atoms with Crippen LogP contribution < -0.4 is 5.30 Å². The van der Waals surface area contributed by atoms with Crippen LogP contribution in [0.15, 0.2) is 211 Å². The molecular weight excluding hydrogens is 748 g/mol. The molecule has 0 bridgehead atoms. The highest BCUT2D eigenvalue weighted by Gasteiger charge is 2.35. The van der Waals surface area contributed by atoms with Crippen LogP contribution in [0.5, 0.6) is 0 Å². The maximum Gasteiger partial charge on any atom is 0.150 e. The third-order valence-electron chi connectivity index (χ3n) is 11.6. The van der Waals surface area contributed by atoms with Gasteiger partial charge in [-0.15, -0.1) is 0 Å². The summed E-state index contributed by atoms with van der Waals surface area (Å²) in [6.07, 6.45) is 3.70. The van der Waals surface area contributed by atoms with Crippen LogP contribution in [-0.2, 0) is 0 Å². The SMILES string of the molecule is C=Pc1ccc2c(c1)c1cc(-c3ccccc3)ccc1n2-c1c(-c2ccccc2)ccc(-c2ccccc2)c1C1N=C(c2ccccc2)C(C#N)=C(c2ccccc2)N1C. The van der Waals surface area contributed by atoms with Gasteiger partial charge in [0.05, 0.1) is 28.1 Å². The van der Waals surface area contributed by atoms with Crippen LogP contribution in [0.25, 0.3) is 66.6 Å². The van der Waals surface area contributed by atoms with E-state index in [1.807, 2.05) is 36.4 Å². The number of hydrogen-bond donors (Lipinski definition) is 0. The van der Waals surface area contributed by atoms with Gasteiger partial charge in [-0.1, -0.05) is 184 Å². The molecular formula is C55H39N4P. The summed E-state index contributed by atoms with van der Waals surface area (Å²) in [5.41, 5.74) is 14.8. The standard InChI is InChI=1S/C55H39N4P/c1-58-53(41-26-16-7-17-27-41)48(36-56)52(40-24-14-6-15-25-40)57-55(58)51-44(38-20-10-4-11-21-38)30-31-45(39-22-12-5-13-23-39)54(51)59-49-32-28-42(37-18-8-3-9-19-37)34-46(49)47-35-43(60-2)29-33-50(47)59/h3-35,55H,2H2,1H3. The first-order valence-electron chi connectivity index (χ1n) is 20.1. The average molecular weight is 787 g/mol. The molecule has 1 atom stereocenters. The predicted octanol–water partition coefficient (Wildman–Crippen LogP) is 13.2. The Kier molecular flexibility index (Phi) is 9.58. The number of allylic oxidation sites excluding steroid dienone is 1. The van der Waals surface area contributed by atoms with Gasteiger partial charge >= 0.3 is 0 Å². The van der Waals surface area contributed by atoms with Crippen LogP contribution in [0.3, 0.4) is 0 Å². The molecule has 10 rings (SSSR count). The minimum Gasteiger partial charge on any atom is -0.347 e. The van der Waals surface area contributed by atoms with Gasteiger partial charge in [0.15, 0.2) is 0 Å². The van der Waals surface area contributed by atoms with Crippen molar-refractivity contribution in [2.24, 2.45) is 4.99 Å². The smallest absolute Gasteiger partial charge is 0.150 e. The average Bonchev–Trinajstić information content (AvgIpc) is 3.64. The highest BCUT2D eigenvalue weighted by Crippen LogP contribution is 2.48. The van der Waals surface area contributed by atoms with E-state index in [4.69, 9.17) is 4.99 Å². The van der Waals surface area contributed by atoms with Crippen molar-refractivity contribution in [3.8, 4) is 45.1 Å². The monoisotopic (exact) mass is 786 g/mol. The molecule has 8 aromatic carbocycles. The van der Waals surface area contributed by atoms with Crippen molar-refractivity contribution in [3.05, 3.63) is 222 Å². The van der Waals surface area contributed by atoms with Crippen molar-refractivity contribution in [1.82, 2.24) is 9.47 Å². The van der Waals surface area contributed by atoms with Gasteiger partial charge in [-0.2, -0.15) is 5.26 Å². The highest BCUT2D eigenvalue weighted by atomic mass is 31.1. The highest BCUT2D eigenvalue weighted by molar-refractivity contribution is 7.45. The first-order valence-corrected chi connectivity index (χ1v) is 21.2. The number of hydrogen-bond acceptors (Lipinski definition) is 3. The second-order valence-corrected chi connectivity index (χ2v) is 15.8. The summed E-state index contributed by atoms with van der Waals surface area (Å²) in [6, 6.07) is 73.0. The van der Waals surface area contributed by atoms with Gasteiger partial charge in [0.25, 0.3) is 0 Å². The zero-order valence-electron chi connectivity index (χ0n) is 33.1. The van der Waals surface area contributed by atoms with E-state index in [-0.39, 0.29) is 0 Å². The molecule has 2 heterocycles. The molecule has 0 fully saturated rings. The fourth-order valence-electron chi connectivity index (χ4n) is 8.80. The molecule has 0 aliphatic carbocycles. The van der Waals surface area contributed by atoms with E-state index in [9.17, 15) is 5.26 Å². The third kappa shape index (κ3) is 6.34. The Morgan fingerprint density at radius 2 is 1.03 bits per heavy atom. The molecule has 284 valence electrons. The van der Waals surface area contributed by atoms with Crippen molar-refractivity contribution in [3.63, 3.8) is 0 Å². The molecule has 0 amide bonds. The fourth-order valence-corrected chi connectivity index (χ4v) is 9.20.